The van der Waals surface area contributed by atoms with Crippen LogP contribution in [0.1, 0.15) is 46.1 Å². The SMILES string of the molecule is CC1(c2ccc(N3CCN(C(C)(C)C)CC3)cc2)CCC(=O)NC1=O. The lowest BCUT2D eigenvalue weighted by Gasteiger charge is -2.43. The van der Waals surface area contributed by atoms with E-state index >= 15 is 0 Å². The van der Waals surface area contributed by atoms with Crippen molar-refractivity contribution in [3.05, 3.63) is 29.8 Å². The highest BCUT2D eigenvalue weighted by atomic mass is 16.2. The molecule has 25 heavy (non-hydrogen) atoms. The minimum Gasteiger partial charge on any atom is -0.369 e. The van der Waals surface area contributed by atoms with Gasteiger partial charge in [-0.1, -0.05) is 12.1 Å². The molecule has 0 bridgehead atoms. The van der Waals surface area contributed by atoms with Gasteiger partial charge >= 0.3 is 0 Å². The molecule has 0 spiro atoms. The van der Waals surface area contributed by atoms with Gasteiger partial charge in [-0.05, 0) is 51.8 Å². The molecule has 2 amide bonds. The Balaban J connectivity index is 1.69. The van der Waals surface area contributed by atoms with Gasteiger partial charge in [-0.15, -0.1) is 0 Å². The van der Waals surface area contributed by atoms with Crippen molar-refractivity contribution in [2.75, 3.05) is 31.1 Å². The Morgan fingerprint density at radius 1 is 1.00 bits per heavy atom. The molecule has 5 heteroatoms. The molecule has 136 valence electrons. The number of benzene rings is 1. The first-order valence-electron chi connectivity index (χ1n) is 9.15. The molecule has 2 heterocycles. The van der Waals surface area contributed by atoms with E-state index in [-0.39, 0.29) is 17.4 Å². The zero-order chi connectivity index (χ0) is 18.2. The van der Waals surface area contributed by atoms with E-state index in [4.69, 9.17) is 0 Å². The van der Waals surface area contributed by atoms with Crippen LogP contribution in [0.5, 0.6) is 0 Å². The third-order valence-corrected chi connectivity index (χ3v) is 5.70. The number of hydrogen-bond acceptors (Lipinski definition) is 4. The normalized spacial score (nSPS) is 25.8. The summed E-state index contributed by atoms with van der Waals surface area (Å²) >= 11 is 0. The summed E-state index contributed by atoms with van der Waals surface area (Å²) in [5.41, 5.74) is 1.79. The van der Waals surface area contributed by atoms with Gasteiger partial charge < -0.3 is 4.90 Å². The number of piperidine rings is 1. The van der Waals surface area contributed by atoms with Crippen LogP contribution in [0.15, 0.2) is 24.3 Å². The van der Waals surface area contributed by atoms with Gasteiger partial charge in [0, 0.05) is 43.8 Å². The standard InChI is InChI=1S/C20H29N3O2/c1-19(2,3)23-13-11-22(12-14-23)16-7-5-15(6-8-16)20(4)10-9-17(24)21-18(20)25/h5-8H,9-14H2,1-4H3,(H,21,24,25). The number of amides is 2. The average Bonchev–Trinajstić information content (AvgIpc) is 2.58. The Bertz CT molecular complexity index is 655. The van der Waals surface area contributed by atoms with Crippen molar-refractivity contribution in [3.63, 3.8) is 0 Å². The Morgan fingerprint density at radius 2 is 1.60 bits per heavy atom. The molecule has 1 aromatic rings. The molecule has 3 rings (SSSR count). The van der Waals surface area contributed by atoms with Crippen molar-refractivity contribution in [2.45, 2.75) is 51.5 Å². The maximum Gasteiger partial charge on any atom is 0.236 e. The van der Waals surface area contributed by atoms with Crippen LogP contribution in [0.2, 0.25) is 0 Å². The van der Waals surface area contributed by atoms with Gasteiger partial charge in [-0.3, -0.25) is 19.8 Å². The molecule has 1 unspecified atom stereocenters. The monoisotopic (exact) mass is 343 g/mol. The van der Waals surface area contributed by atoms with E-state index in [1.54, 1.807) is 0 Å². The Hall–Kier alpha value is -1.88. The summed E-state index contributed by atoms with van der Waals surface area (Å²) in [5.74, 6) is -0.355. The number of hydrogen-bond donors (Lipinski definition) is 1. The first kappa shape index (κ1) is 17.9. The minimum absolute atomic E-state index is 0.171. The summed E-state index contributed by atoms with van der Waals surface area (Å²) in [7, 11) is 0. The molecule has 1 aromatic carbocycles. The van der Waals surface area contributed by atoms with Crippen LogP contribution in [-0.4, -0.2) is 48.4 Å². The van der Waals surface area contributed by atoms with E-state index in [9.17, 15) is 9.59 Å². The Morgan fingerprint density at radius 3 is 2.12 bits per heavy atom. The fraction of sp³-hybridized carbons (Fsp3) is 0.600. The maximum absolute atomic E-state index is 12.3. The summed E-state index contributed by atoms with van der Waals surface area (Å²) in [6, 6.07) is 8.30. The third kappa shape index (κ3) is 3.56. The second-order valence-corrected chi connectivity index (χ2v) is 8.40. The quantitative estimate of drug-likeness (QED) is 0.837. The lowest BCUT2D eigenvalue weighted by molar-refractivity contribution is -0.137. The highest BCUT2D eigenvalue weighted by Gasteiger charge is 2.39. The molecule has 0 radical (unpaired) electrons. The topological polar surface area (TPSA) is 52.6 Å². The predicted molar refractivity (Wildman–Crippen MR) is 99.7 cm³/mol. The second kappa shape index (κ2) is 6.45. The Labute approximate surface area is 150 Å². The van der Waals surface area contributed by atoms with E-state index in [1.165, 1.54) is 5.69 Å². The van der Waals surface area contributed by atoms with Crippen LogP contribution in [0, 0.1) is 0 Å². The van der Waals surface area contributed by atoms with Crippen molar-refractivity contribution < 1.29 is 9.59 Å². The summed E-state index contributed by atoms with van der Waals surface area (Å²) in [4.78, 5) is 28.6. The zero-order valence-corrected chi connectivity index (χ0v) is 15.8. The molecular weight excluding hydrogens is 314 g/mol. The highest BCUT2D eigenvalue weighted by molar-refractivity contribution is 6.03. The van der Waals surface area contributed by atoms with E-state index < -0.39 is 5.41 Å². The minimum atomic E-state index is -0.614. The molecule has 0 aliphatic carbocycles. The lowest BCUT2D eigenvalue weighted by atomic mass is 9.75. The number of carbonyl (C=O) groups excluding carboxylic acids is 2. The summed E-state index contributed by atoms with van der Waals surface area (Å²) < 4.78 is 0. The summed E-state index contributed by atoms with van der Waals surface area (Å²) in [5, 5.41) is 2.47. The number of piperazine rings is 1. The number of anilines is 1. The van der Waals surface area contributed by atoms with Crippen molar-refractivity contribution >= 4 is 17.5 Å². The molecule has 2 aliphatic heterocycles. The summed E-state index contributed by atoms with van der Waals surface area (Å²) in [6.07, 6.45) is 0.972. The highest BCUT2D eigenvalue weighted by Crippen LogP contribution is 2.33. The van der Waals surface area contributed by atoms with Crippen molar-refractivity contribution in [2.24, 2.45) is 0 Å². The van der Waals surface area contributed by atoms with Crippen molar-refractivity contribution in [3.8, 4) is 0 Å². The molecule has 0 aromatic heterocycles. The predicted octanol–water partition coefficient (Wildman–Crippen LogP) is 2.30. The van der Waals surface area contributed by atoms with Crippen LogP contribution >= 0.6 is 0 Å². The smallest absolute Gasteiger partial charge is 0.236 e. The molecule has 2 saturated heterocycles. The van der Waals surface area contributed by atoms with E-state index in [0.29, 0.717) is 12.8 Å². The van der Waals surface area contributed by atoms with Gasteiger partial charge in [0.15, 0.2) is 0 Å². The van der Waals surface area contributed by atoms with Crippen LogP contribution in [-0.2, 0) is 15.0 Å². The fourth-order valence-electron chi connectivity index (χ4n) is 3.76. The van der Waals surface area contributed by atoms with Crippen LogP contribution in [0.3, 0.4) is 0 Å². The maximum atomic E-state index is 12.3. The number of nitrogens with one attached hydrogen (secondary N) is 1. The first-order chi connectivity index (χ1) is 11.7. The van der Waals surface area contributed by atoms with Gasteiger partial charge in [0.05, 0.1) is 5.41 Å². The molecule has 2 fully saturated rings. The molecule has 5 nitrogen and oxygen atoms in total. The molecular formula is C20H29N3O2. The number of rotatable bonds is 2. The van der Waals surface area contributed by atoms with Crippen LogP contribution < -0.4 is 10.2 Å². The number of nitrogens with zero attached hydrogens (tertiary/aromatic N) is 2. The summed E-state index contributed by atoms with van der Waals surface area (Å²) in [6.45, 7) is 12.9. The lowest BCUT2D eigenvalue weighted by Crippen LogP contribution is -2.53. The van der Waals surface area contributed by atoms with Gasteiger partial charge in [0.2, 0.25) is 11.8 Å². The zero-order valence-electron chi connectivity index (χ0n) is 15.8. The van der Waals surface area contributed by atoms with Gasteiger partial charge in [-0.2, -0.15) is 0 Å². The second-order valence-electron chi connectivity index (χ2n) is 8.40. The van der Waals surface area contributed by atoms with Gasteiger partial charge in [0.25, 0.3) is 0 Å². The van der Waals surface area contributed by atoms with Crippen LogP contribution in [0.25, 0.3) is 0 Å². The largest absolute Gasteiger partial charge is 0.369 e. The Kier molecular flexibility index (Phi) is 4.62. The average molecular weight is 343 g/mol. The van der Waals surface area contributed by atoms with Crippen molar-refractivity contribution in [1.82, 2.24) is 10.2 Å². The molecule has 2 aliphatic rings. The third-order valence-electron chi connectivity index (χ3n) is 5.70. The number of carbonyl (C=O) groups is 2. The molecule has 1 N–H and O–H groups in total. The molecule has 1 atom stereocenters. The van der Waals surface area contributed by atoms with E-state index in [1.807, 2.05) is 19.1 Å². The van der Waals surface area contributed by atoms with Crippen LogP contribution in [0.4, 0.5) is 5.69 Å². The fourth-order valence-corrected chi connectivity index (χ4v) is 3.76. The number of imide groups is 1. The van der Waals surface area contributed by atoms with Gasteiger partial charge in [-0.25, -0.2) is 0 Å². The first-order valence-corrected chi connectivity index (χ1v) is 9.15. The van der Waals surface area contributed by atoms with E-state index in [2.05, 4.69) is 48.0 Å². The molecule has 0 saturated carbocycles. The van der Waals surface area contributed by atoms with Gasteiger partial charge in [0.1, 0.15) is 0 Å². The van der Waals surface area contributed by atoms with E-state index in [0.717, 1.165) is 31.7 Å². The van der Waals surface area contributed by atoms with Crippen molar-refractivity contribution in [1.29, 1.82) is 0 Å².